The summed E-state index contributed by atoms with van der Waals surface area (Å²) in [6.45, 7) is 6.86. The molecule has 0 aromatic heterocycles. The number of hydrogen-bond donors (Lipinski definition) is 1. The molecular weight excluding hydrogens is 274 g/mol. The van der Waals surface area contributed by atoms with Crippen molar-refractivity contribution in [2.75, 3.05) is 31.6 Å². The van der Waals surface area contributed by atoms with Gasteiger partial charge in [-0.25, -0.2) is 8.42 Å². The predicted molar refractivity (Wildman–Crippen MR) is 81.9 cm³/mol. The zero-order valence-electron chi connectivity index (χ0n) is 12.3. The standard InChI is InChI=1S/C14H23N3O2S/c1-11-8-14(15)5-4-13(11)10-16-6-7-17(9-12(16)2)20(3,18)19/h4-5,8,12H,6-7,9-10,15H2,1-3H3. The number of sulfonamides is 1. The van der Waals surface area contributed by atoms with Gasteiger partial charge in [0.25, 0.3) is 0 Å². The normalized spacial score (nSPS) is 22.1. The summed E-state index contributed by atoms with van der Waals surface area (Å²) < 4.78 is 24.7. The summed E-state index contributed by atoms with van der Waals surface area (Å²) in [6, 6.07) is 6.17. The Morgan fingerprint density at radius 3 is 2.60 bits per heavy atom. The molecule has 1 aromatic rings. The Hall–Kier alpha value is -1.11. The first-order valence-electron chi connectivity index (χ1n) is 6.81. The quantitative estimate of drug-likeness (QED) is 0.847. The number of aryl methyl sites for hydroxylation is 1. The van der Waals surface area contributed by atoms with Gasteiger partial charge in [0.2, 0.25) is 10.0 Å². The van der Waals surface area contributed by atoms with E-state index in [2.05, 4.69) is 24.8 Å². The maximum absolute atomic E-state index is 11.6. The highest BCUT2D eigenvalue weighted by Gasteiger charge is 2.28. The minimum absolute atomic E-state index is 0.218. The van der Waals surface area contributed by atoms with E-state index in [1.54, 1.807) is 4.31 Å². The summed E-state index contributed by atoms with van der Waals surface area (Å²) in [6.07, 6.45) is 1.28. The zero-order valence-corrected chi connectivity index (χ0v) is 13.2. The van der Waals surface area contributed by atoms with E-state index in [9.17, 15) is 8.42 Å². The van der Waals surface area contributed by atoms with E-state index >= 15 is 0 Å². The van der Waals surface area contributed by atoms with Gasteiger partial charge in [-0.1, -0.05) is 6.07 Å². The number of nitrogen functional groups attached to an aromatic ring is 1. The molecular formula is C14H23N3O2S. The van der Waals surface area contributed by atoms with E-state index in [4.69, 9.17) is 5.73 Å². The van der Waals surface area contributed by atoms with Crippen molar-refractivity contribution in [2.45, 2.75) is 26.4 Å². The predicted octanol–water partition coefficient (Wildman–Crippen LogP) is 1.04. The molecule has 20 heavy (non-hydrogen) atoms. The smallest absolute Gasteiger partial charge is 0.211 e. The number of anilines is 1. The molecule has 6 heteroatoms. The van der Waals surface area contributed by atoms with Crippen LogP contribution in [-0.4, -0.2) is 49.6 Å². The van der Waals surface area contributed by atoms with Crippen LogP contribution in [0.1, 0.15) is 18.1 Å². The molecule has 2 N–H and O–H groups in total. The van der Waals surface area contributed by atoms with E-state index in [1.807, 2.05) is 12.1 Å². The average Bonchev–Trinajstić information content (AvgIpc) is 2.33. The number of piperazine rings is 1. The van der Waals surface area contributed by atoms with Crippen molar-refractivity contribution in [3.8, 4) is 0 Å². The van der Waals surface area contributed by atoms with Crippen molar-refractivity contribution in [3.63, 3.8) is 0 Å². The van der Waals surface area contributed by atoms with Crippen molar-refractivity contribution < 1.29 is 8.42 Å². The van der Waals surface area contributed by atoms with E-state index in [1.165, 1.54) is 17.4 Å². The Labute approximate surface area is 121 Å². The molecule has 1 atom stereocenters. The molecule has 1 aliphatic rings. The van der Waals surface area contributed by atoms with Crippen molar-refractivity contribution in [3.05, 3.63) is 29.3 Å². The van der Waals surface area contributed by atoms with Crippen LogP contribution >= 0.6 is 0 Å². The lowest BCUT2D eigenvalue weighted by atomic mass is 10.1. The second-order valence-corrected chi connectivity index (χ2v) is 7.61. The molecule has 1 saturated heterocycles. The molecule has 0 spiro atoms. The minimum atomic E-state index is -3.08. The molecule has 1 fully saturated rings. The van der Waals surface area contributed by atoms with Gasteiger partial charge < -0.3 is 5.73 Å². The highest BCUT2D eigenvalue weighted by molar-refractivity contribution is 7.88. The van der Waals surface area contributed by atoms with Gasteiger partial charge in [0.15, 0.2) is 0 Å². The molecule has 0 saturated carbocycles. The summed E-state index contributed by atoms with van der Waals surface area (Å²) in [4.78, 5) is 2.32. The third-order valence-electron chi connectivity index (χ3n) is 3.94. The first-order chi connectivity index (χ1) is 9.27. The third-order valence-corrected chi connectivity index (χ3v) is 5.21. The Kier molecular flexibility index (Phi) is 4.36. The number of nitrogens with two attached hydrogens (primary N) is 1. The Morgan fingerprint density at radius 2 is 2.05 bits per heavy atom. The third kappa shape index (κ3) is 3.50. The van der Waals surface area contributed by atoms with Crippen molar-refractivity contribution in [2.24, 2.45) is 0 Å². The fourth-order valence-electron chi connectivity index (χ4n) is 2.61. The topological polar surface area (TPSA) is 66.6 Å². The lowest BCUT2D eigenvalue weighted by Gasteiger charge is -2.38. The van der Waals surface area contributed by atoms with Crippen LogP contribution in [0.4, 0.5) is 5.69 Å². The lowest BCUT2D eigenvalue weighted by Crippen LogP contribution is -2.52. The van der Waals surface area contributed by atoms with Crippen molar-refractivity contribution in [1.29, 1.82) is 0 Å². The average molecular weight is 297 g/mol. The number of hydrogen-bond acceptors (Lipinski definition) is 4. The number of nitrogens with zero attached hydrogens (tertiary/aromatic N) is 2. The highest BCUT2D eigenvalue weighted by atomic mass is 32.2. The van der Waals surface area contributed by atoms with Crippen LogP contribution in [0.5, 0.6) is 0 Å². The summed E-state index contributed by atoms with van der Waals surface area (Å²) in [5.41, 5.74) is 8.98. The van der Waals surface area contributed by atoms with E-state index in [-0.39, 0.29) is 6.04 Å². The highest BCUT2D eigenvalue weighted by Crippen LogP contribution is 2.19. The monoisotopic (exact) mass is 297 g/mol. The summed E-state index contributed by atoms with van der Waals surface area (Å²) in [7, 11) is -3.08. The fourth-order valence-corrected chi connectivity index (χ4v) is 3.51. The van der Waals surface area contributed by atoms with Gasteiger partial charge in [0.05, 0.1) is 6.26 Å². The van der Waals surface area contributed by atoms with Crippen LogP contribution in [0.25, 0.3) is 0 Å². The maximum Gasteiger partial charge on any atom is 0.211 e. The Bertz CT molecular complexity index is 586. The zero-order chi connectivity index (χ0) is 14.9. The lowest BCUT2D eigenvalue weighted by molar-refractivity contribution is 0.122. The van der Waals surface area contributed by atoms with Gasteiger partial charge in [-0.2, -0.15) is 4.31 Å². The van der Waals surface area contributed by atoms with Gasteiger partial charge in [-0.15, -0.1) is 0 Å². The second kappa shape index (κ2) is 5.71. The van der Waals surface area contributed by atoms with E-state index in [0.717, 1.165) is 18.8 Å². The van der Waals surface area contributed by atoms with Crippen LogP contribution in [0.15, 0.2) is 18.2 Å². The molecule has 1 unspecified atom stereocenters. The van der Waals surface area contributed by atoms with Gasteiger partial charge in [-0.3, -0.25) is 4.90 Å². The van der Waals surface area contributed by atoms with E-state index < -0.39 is 10.0 Å². The number of benzene rings is 1. The molecule has 0 radical (unpaired) electrons. The van der Waals surface area contributed by atoms with Crippen LogP contribution in [0.2, 0.25) is 0 Å². The minimum Gasteiger partial charge on any atom is -0.399 e. The first kappa shape index (κ1) is 15.3. The summed E-state index contributed by atoms with van der Waals surface area (Å²) in [5.74, 6) is 0. The van der Waals surface area contributed by atoms with E-state index in [0.29, 0.717) is 13.1 Å². The van der Waals surface area contributed by atoms with Crippen LogP contribution in [-0.2, 0) is 16.6 Å². The Morgan fingerprint density at radius 1 is 1.35 bits per heavy atom. The van der Waals surface area contributed by atoms with Gasteiger partial charge in [-0.05, 0) is 37.1 Å². The molecule has 1 heterocycles. The number of rotatable bonds is 3. The molecule has 2 rings (SSSR count). The molecule has 1 aromatic carbocycles. The molecule has 5 nitrogen and oxygen atoms in total. The van der Waals surface area contributed by atoms with Gasteiger partial charge >= 0.3 is 0 Å². The van der Waals surface area contributed by atoms with Crippen LogP contribution < -0.4 is 5.73 Å². The maximum atomic E-state index is 11.6. The van der Waals surface area contributed by atoms with Crippen LogP contribution in [0, 0.1) is 6.92 Å². The van der Waals surface area contributed by atoms with Crippen molar-refractivity contribution >= 4 is 15.7 Å². The molecule has 112 valence electrons. The summed E-state index contributed by atoms with van der Waals surface area (Å²) in [5, 5.41) is 0. The largest absolute Gasteiger partial charge is 0.399 e. The molecule has 0 aliphatic carbocycles. The molecule has 0 amide bonds. The first-order valence-corrected chi connectivity index (χ1v) is 8.66. The van der Waals surface area contributed by atoms with Gasteiger partial charge in [0, 0.05) is 37.9 Å². The van der Waals surface area contributed by atoms with Gasteiger partial charge in [0.1, 0.15) is 0 Å². The fraction of sp³-hybridized carbons (Fsp3) is 0.571. The van der Waals surface area contributed by atoms with Crippen LogP contribution in [0.3, 0.4) is 0 Å². The summed E-state index contributed by atoms with van der Waals surface area (Å²) >= 11 is 0. The van der Waals surface area contributed by atoms with Crippen molar-refractivity contribution in [1.82, 2.24) is 9.21 Å². The Balaban J connectivity index is 2.05. The molecule has 0 bridgehead atoms. The molecule has 1 aliphatic heterocycles. The SMILES string of the molecule is Cc1cc(N)ccc1CN1CCN(S(C)(=O)=O)CC1C. The second-order valence-electron chi connectivity index (χ2n) is 5.63.